The Labute approximate surface area is 554 Å². The van der Waals surface area contributed by atoms with Crippen LogP contribution in [0.3, 0.4) is 0 Å². The van der Waals surface area contributed by atoms with Crippen molar-refractivity contribution in [1.82, 2.24) is 0 Å². The van der Waals surface area contributed by atoms with Crippen LogP contribution in [-0.4, -0.2) is 75.6 Å². The Morgan fingerprint density at radius 1 is 0.489 bits per heavy atom. The molecule has 1 aromatic heterocycles. The van der Waals surface area contributed by atoms with Crippen LogP contribution in [-0.2, 0) is 33.6 Å². The number of carbonyl (C=O) groups excluding carboxylic acids is 10. The van der Waals surface area contributed by atoms with E-state index in [-0.39, 0.29) is 57.8 Å². The van der Waals surface area contributed by atoms with Crippen LogP contribution in [0.2, 0.25) is 0 Å². The maximum absolute atomic E-state index is 10.8. The first-order valence-corrected chi connectivity index (χ1v) is 31.6. The van der Waals surface area contributed by atoms with E-state index in [1.54, 1.807) is 124 Å². The molecule has 1 heterocycles. The molecule has 0 aliphatic rings. The Bertz CT molecular complexity index is 2800. The lowest BCUT2D eigenvalue weighted by molar-refractivity contribution is -0.119. The summed E-state index contributed by atoms with van der Waals surface area (Å²) >= 11 is 0. The number of methoxy groups -OCH3 is 1. The molecule has 1 N–H and O–H groups in total. The minimum atomic E-state index is -0.560. The summed E-state index contributed by atoms with van der Waals surface area (Å²) in [6.07, 6.45) is 22.7. The van der Waals surface area contributed by atoms with Gasteiger partial charge < -0.3 is 33.4 Å². The van der Waals surface area contributed by atoms with E-state index in [0.717, 1.165) is 68.2 Å². The summed E-state index contributed by atoms with van der Waals surface area (Å²) in [5, 5.41) is 9.45. The molecular weight excluding hydrogens is 1160 g/mol. The van der Waals surface area contributed by atoms with E-state index in [0.29, 0.717) is 48.8 Å². The van der Waals surface area contributed by atoms with Gasteiger partial charge in [0.1, 0.15) is 28.9 Å². The second-order valence-electron chi connectivity index (χ2n) is 24.2. The van der Waals surface area contributed by atoms with Crippen molar-refractivity contribution in [3.8, 4) is 5.75 Å². The van der Waals surface area contributed by atoms with Crippen LogP contribution < -0.4 is 4.74 Å². The fraction of sp³-hybridized carbons (Fsp3) is 0.468. The molecule has 3 aromatic carbocycles. The van der Waals surface area contributed by atoms with Crippen LogP contribution in [0.1, 0.15) is 259 Å². The lowest BCUT2D eigenvalue weighted by Gasteiger charge is -2.17. The predicted molar refractivity (Wildman–Crippen MR) is 380 cm³/mol. The van der Waals surface area contributed by atoms with Crippen molar-refractivity contribution in [1.29, 1.82) is 0 Å². The number of allylic oxidation sites excluding steroid dienone is 9. The molecular formula is C79H116O13. The summed E-state index contributed by atoms with van der Waals surface area (Å²) in [5.41, 5.74) is 7.00. The second-order valence-corrected chi connectivity index (χ2v) is 24.2. The van der Waals surface area contributed by atoms with Crippen molar-refractivity contribution in [3.05, 3.63) is 178 Å². The largest absolute Gasteiger partial charge is 0.497 e. The highest BCUT2D eigenvalue weighted by Gasteiger charge is 2.13. The van der Waals surface area contributed by atoms with Crippen molar-refractivity contribution in [2.24, 2.45) is 11.8 Å². The predicted octanol–water partition coefficient (Wildman–Crippen LogP) is 19.6. The summed E-state index contributed by atoms with van der Waals surface area (Å²) < 4.78 is 9.68. The third kappa shape index (κ3) is 74.6. The van der Waals surface area contributed by atoms with Gasteiger partial charge in [0, 0.05) is 43.7 Å². The lowest BCUT2D eigenvalue weighted by Crippen LogP contribution is -2.18. The molecule has 0 saturated heterocycles. The van der Waals surface area contributed by atoms with Gasteiger partial charge in [-0.05, 0) is 228 Å². The first kappa shape index (κ1) is 92.8. The Morgan fingerprint density at radius 3 is 1.20 bits per heavy atom. The SMILES string of the molecule is CC(=O)/C=C(/C)CCC=C(C)C.CC(=O)/C=C(\C)CCC=C(C)C.CC(=O)/C=C/c1ccccc1.CC(=O)CC(C)C.CC(=O)CC(C)CCCC(C)(C)O.CC(=O)CCCC(C)=O.CC(=O)c1ccccc1.CC(=O)c1ccco1.COc1ccc(C(C)=O)cc1. The normalized spacial score (nSPS) is 10.6. The Balaban J connectivity index is -0.000000310. The van der Waals surface area contributed by atoms with Crippen molar-refractivity contribution in [3.63, 3.8) is 0 Å². The molecule has 0 spiro atoms. The first-order valence-electron chi connectivity index (χ1n) is 31.6. The third-order valence-electron chi connectivity index (χ3n) is 11.8. The number of hydrogen-bond donors (Lipinski definition) is 1. The number of rotatable bonds is 26. The highest BCUT2D eigenvalue weighted by Crippen LogP contribution is 2.18. The smallest absolute Gasteiger partial charge is 0.194 e. The topological polar surface area (TPSA) is 213 Å². The highest BCUT2D eigenvalue weighted by molar-refractivity contribution is 5.95. The summed E-state index contributed by atoms with van der Waals surface area (Å²) in [4.78, 5) is 105. The zero-order chi connectivity index (χ0) is 71.8. The number of furan rings is 1. The average Bonchev–Trinajstić information content (AvgIpc) is 4.13. The van der Waals surface area contributed by atoms with Crippen molar-refractivity contribution < 1.29 is 62.2 Å². The van der Waals surface area contributed by atoms with E-state index in [2.05, 4.69) is 46.8 Å². The van der Waals surface area contributed by atoms with Gasteiger partial charge in [-0.25, -0.2) is 0 Å². The maximum atomic E-state index is 10.8. The number of carbonyl (C=O) groups is 10. The lowest BCUT2D eigenvalue weighted by atomic mass is 9.94. The zero-order valence-corrected chi connectivity index (χ0v) is 60.3. The van der Waals surface area contributed by atoms with E-state index >= 15 is 0 Å². The number of ether oxygens (including phenoxy) is 1. The van der Waals surface area contributed by atoms with Gasteiger partial charge in [0.25, 0.3) is 0 Å². The van der Waals surface area contributed by atoms with Gasteiger partial charge in [-0.15, -0.1) is 0 Å². The second kappa shape index (κ2) is 58.2. The first-order chi connectivity index (χ1) is 42.7. The molecule has 0 saturated carbocycles. The summed E-state index contributed by atoms with van der Waals surface area (Å²) in [7, 11) is 1.60. The monoisotopic (exact) mass is 1270 g/mol. The molecule has 13 nitrogen and oxygen atoms in total. The van der Waals surface area contributed by atoms with Crippen LogP contribution in [0.25, 0.3) is 6.08 Å². The van der Waals surface area contributed by atoms with Gasteiger partial charge in [0.05, 0.1) is 19.0 Å². The minimum Gasteiger partial charge on any atom is -0.497 e. The fourth-order valence-electron chi connectivity index (χ4n) is 7.41. The van der Waals surface area contributed by atoms with E-state index in [9.17, 15) is 53.1 Å². The number of hydrogen-bond acceptors (Lipinski definition) is 13. The standard InChI is InChI=1S/C11H22O2.2C11H18O.C10H10O.C9H10O2.C8H8O.C7H12O2.C6H6O2.C6H12O/c1-9(8-10(2)12)6-5-7-11(3,4)13;2*1-9(2)6-5-7-10(3)8-11(4)12;1-9(11)7-8-10-5-3-2-4-6-10;1-7(10)8-3-5-9(11-2)6-4-8;1-7(9)8-5-3-2-4-6-8;1-6(8)4-3-5-7(2)9;1-5(7)6-3-2-4-8-6;1-5(2)4-6(3)7/h9,13H,5-8H2,1-4H3;2*6,8H,5,7H2,1-4H3;2-8H,1H3;3-6H,1-2H3;2-6H,1H3;3-5H2,1-2H3;2-4H,1H3;5H,4H2,1-3H3/b;10-8+;10-8-;8-7+;;;;;. The van der Waals surface area contributed by atoms with Gasteiger partial charge in [0.15, 0.2) is 40.5 Å². The van der Waals surface area contributed by atoms with Gasteiger partial charge >= 0.3 is 0 Å². The molecule has 0 fully saturated rings. The third-order valence-corrected chi connectivity index (χ3v) is 11.8. The summed E-state index contributed by atoms with van der Waals surface area (Å²) in [6.45, 7) is 37.8. The summed E-state index contributed by atoms with van der Waals surface area (Å²) in [6, 6.07) is 29.4. The number of Topliss-reactive ketones (excluding diaryl/α,β-unsaturated/α-hetero) is 7. The Hall–Kier alpha value is -7.90. The van der Waals surface area contributed by atoms with Crippen LogP contribution in [0.5, 0.6) is 5.75 Å². The molecule has 13 heteroatoms. The van der Waals surface area contributed by atoms with E-state index < -0.39 is 5.60 Å². The molecule has 0 aliphatic heterocycles. The van der Waals surface area contributed by atoms with E-state index in [1.807, 2.05) is 108 Å². The average molecular weight is 1270 g/mol. The molecule has 4 aromatic rings. The Morgan fingerprint density at radius 2 is 0.913 bits per heavy atom. The number of benzene rings is 3. The molecule has 0 aliphatic carbocycles. The van der Waals surface area contributed by atoms with Crippen LogP contribution in [0.15, 0.2) is 160 Å². The maximum Gasteiger partial charge on any atom is 0.194 e. The molecule has 0 radical (unpaired) electrons. The number of ketones is 10. The van der Waals surface area contributed by atoms with E-state index in [4.69, 9.17) is 9.15 Å². The molecule has 1 unspecified atom stereocenters. The highest BCUT2D eigenvalue weighted by atomic mass is 16.5. The molecule has 4 rings (SSSR count). The van der Waals surface area contributed by atoms with Crippen molar-refractivity contribution in [2.45, 2.75) is 228 Å². The molecule has 1 atom stereocenters. The Kier molecular flexibility index (Phi) is 58.7. The van der Waals surface area contributed by atoms with Crippen molar-refractivity contribution in [2.75, 3.05) is 7.11 Å². The van der Waals surface area contributed by atoms with Crippen molar-refractivity contribution >= 4 is 63.9 Å². The van der Waals surface area contributed by atoms with Gasteiger partial charge in [0.2, 0.25) is 0 Å². The zero-order valence-electron chi connectivity index (χ0n) is 60.3. The molecule has 0 bridgehead atoms. The van der Waals surface area contributed by atoms with Gasteiger partial charge in [-0.2, -0.15) is 0 Å². The van der Waals surface area contributed by atoms with Crippen LogP contribution in [0.4, 0.5) is 0 Å². The van der Waals surface area contributed by atoms with Crippen LogP contribution in [0, 0.1) is 11.8 Å². The van der Waals surface area contributed by atoms with Gasteiger partial charge in [-0.3, -0.25) is 28.8 Å². The summed E-state index contributed by atoms with van der Waals surface area (Å²) in [5.74, 6) is 3.58. The van der Waals surface area contributed by atoms with Gasteiger partial charge in [-0.1, -0.05) is 135 Å². The fourth-order valence-corrected chi connectivity index (χ4v) is 7.41. The number of aliphatic hydroxyl groups is 1. The molecule has 510 valence electrons. The minimum absolute atomic E-state index is 0.0324. The molecule has 0 amide bonds. The van der Waals surface area contributed by atoms with Crippen LogP contribution >= 0.6 is 0 Å². The quantitative estimate of drug-likeness (QED) is 0.0352. The van der Waals surface area contributed by atoms with E-state index in [1.165, 1.54) is 35.5 Å². The molecule has 92 heavy (non-hydrogen) atoms.